The molecule has 1 heterocycles. The molecule has 228 valence electrons. The fraction of sp³-hybridized carbons (Fsp3) is 0.314. The maximum atomic E-state index is 13.8. The van der Waals surface area contributed by atoms with Crippen LogP contribution in [-0.2, 0) is 10.0 Å². The molecule has 7 nitrogen and oxygen atoms in total. The molecule has 1 fully saturated rings. The highest BCUT2D eigenvalue weighted by atomic mass is 35.5. The summed E-state index contributed by atoms with van der Waals surface area (Å²) >= 11 is 6.21. The number of likely N-dealkylation sites (tertiary alicyclic amines) is 1. The first-order valence-corrected chi connectivity index (χ1v) is 16.7. The Morgan fingerprint density at radius 3 is 2.43 bits per heavy atom. The highest BCUT2D eigenvalue weighted by molar-refractivity contribution is 7.89. The van der Waals surface area contributed by atoms with Gasteiger partial charge in [-0.05, 0) is 104 Å². The molecule has 0 bridgehead atoms. The van der Waals surface area contributed by atoms with Crippen LogP contribution in [-0.4, -0.2) is 64.4 Å². The summed E-state index contributed by atoms with van der Waals surface area (Å²) in [5, 5.41) is 11.9. The van der Waals surface area contributed by atoms with Crippen molar-refractivity contribution in [1.82, 2.24) is 14.5 Å². The van der Waals surface area contributed by atoms with Crippen LogP contribution in [0.25, 0.3) is 10.8 Å². The van der Waals surface area contributed by atoms with Gasteiger partial charge in [0.05, 0.1) is 16.5 Å². The van der Waals surface area contributed by atoms with Crippen molar-refractivity contribution in [2.24, 2.45) is 0 Å². The molecule has 0 aromatic heterocycles. The van der Waals surface area contributed by atoms with E-state index in [4.69, 9.17) is 11.6 Å². The molecule has 1 aliphatic heterocycles. The Morgan fingerprint density at radius 1 is 1.05 bits per heavy atom. The minimum absolute atomic E-state index is 0.0749. The Balaban J connectivity index is 1.29. The van der Waals surface area contributed by atoms with Crippen molar-refractivity contribution >= 4 is 38.3 Å². The number of nitriles is 1. The van der Waals surface area contributed by atoms with E-state index in [-0.39, 0.29) is 17.7 Å². The molecular weight excluding hydrogens is 592 g/mol. The van der Waals surface area contributed by atoms with Crippen molar-refractivity contribution < 1.29 is 13.2 Å². The smallest absolute Gasteiger partial charge is 0.254 e. The van der Waals surface area contributed by atoms with Crippen LogP contribution in [0.15, 0.2) is 89.8 Å². The Kier molecular flexibility index (Phi) is 10.0. The van der Waals surface area contributed by atoms with E-state index in [1.807, 2.05) is 73.8 Å². The van der Waals surface area contributed by atoms with Crippen molar-refractivity contribution in [2.75, 3.05) is 40.3 Å². The molecule has 1 unspecified atom stereocenters. The van der Waals surface area contributed by atoms with E-state index in [0.717, 1.165) is 60.8 Å². The minimum Gasteiger partial charge on any atom is -0.341 e. The van der Waals surface area contributed by atoms with Crippen LogP contribution in [0.3, 0.4) is 0 Å². The largest absolute Gasteiger partial charge is 0.341 e. The van der Waals surface area contributed by atoms with Crippen molar-refractivity contribution in [1.29, 1.82) is 5.26 Å². The van der Waals surface area contributed by atoms with Gasteiger partial charge in [-0.15, -0.1) is 0 Å². The van der Waals surface area contributed by atoms with Crippen molar-refractivity contribution in [3.05, 3.63) is 112 Å². The molecule has 0 spiro atoms. The van der Waals surface area contributed by atoms with Gasteiger partial charge in [0.25, 0.3) is 5.91 Å². The molecule has 4 aromatic carbocycles. The molecule has 0 aliphatic carbocycles. The predicted molar refractivity (Wildman–Crippen MR) is 176 cm³/mol. The van der Waals surface area contributed by atoms with Gasteiger partial charge < -0.3 is 9.80 Å². The number of likely N-dealkylation sites (N-methyl/N-ethyl adjacent to an activating group) is 1. The lowest BCUT2D eigenvalue weighted by atomic mass is 9.88. The Labute approximate surface area is 265 Å². The highest BCUT2D eigenvalue weighted by Gasteiger charge is 2.27. The van der Waals surface area contributed by atoms with Gasteiger partial charge in [0.2, 0.25) is 10.0 Å². The average molecular weight is 629 g/mol. The maximum Gasteiger partial charge on any atom is 0.254 e. The van der Waals surface area contributed by atoms with Crippen molar-refractivity contribution in [3.8, 4) is 6.07 Å². The van der Waals surface area contributed by atoms with Gasteiger partial charge in [0.1, 0.15) is 0 Å². The third-order valence-corrected chi connectivity index (χ3v) is 10.4. The van der Waals surface area contributed by atoms with Crippen molar-refractivity contribution in [2.45, 2.75) is 36.0 Å². The standard InChI is InChI=1S/C35H37ClN4O3S/c1-38-44(42,43)34-10-6-5-9-32(34)27-15-18-40(19-16-27)20-17-29(26-11-13-30(36)14-12-26)24-39(2)35(41)33-22-25(23-37)21-28-7-3-4-8-31(28)33/h3-14,21-22,27,29,38H,15-20,24H2,1-2H3. The van der Waals surface area contributed by atoms with E-state index in [1.54, 1.807) is 23.1 Å². The van der Waals surface area contributed by atoms with E-state index in [1.165, 1.54) is 7.05 Å². The van der Waals surface area contributed by atoms with E-state index in [9.17, 15) is 18.5 Å². The number of amides is 1. The van der Waals surface area contributed by atoms with Crippen LogP contribution < -0.4 is 4.72 Å². The zero-order chi connectivity index (χ0) is 31.3. The number of carbonyl (C=O) groups excluding carboxylic acids is 1. The highest BCUT2D eigenvalue weighted by Crippen LogP contribution is 2.33. The second-order valence-electron chi connectivity index (χ2n) is 11.4. The molecule has 1 aliphatic rings. The molecule has 4 aromatic rings. The van der Waals surface area contributed by atoms with Gasteiger partial charge in [-0.2, -0.15) is 5.26 Å². The van der Waals surface area contributed by atoms with Crippen molar-refractivity contribution in [3.63, 3.8) is 0 Å². The second-order valence-corrected chi connectivity index (χ2v) is 13.7. The van der Waals surface area contributed by atoms with Gasteiger partial charge in [-0.1, -0.05) is 66.2 Å². The molecule has 1 atom stereocenters. The van der Waals surface area contributed by atoms with Crippen LogP contribution in [0.4, 0.5) is 0 Å². The summed E-state index contributed by atoms with van der Waals surface area (Å²) in [5.41, 5.74) is 2.99. The first kappa shape index (κ1) is 31.7. The second kappa shape index (κ2) is 13.9. The first-order chi connectivity index (χ1) is 21.2. The number of sulfonamides is 1. The van der Waals surface area contributed by atoms with E-state index >= 15 is 0 Å². The van der Waals surface area contributed by atoms with Gasteiger partial charge in [0.15, 0.2) is 0 Å². The van der Waals surface area contributed by atoms with E-state index in [0.29, 0.717) is 27.6 Å². The molecule has 1 saturated heterocycles. The lowest BCUT2D eigenvalue weighted by Crippen LogP contribution is -2.36. The van der Waals surface area contributed by atoms with E-state index in [2.05, 4.69) is 15.7 Å². The fourth-order valence-electron chi connectivity index (χ4n) is 6.25. The molecule has 0 saturated carbocycles. The molecule has 0 radical (unpaired) electrons. The van der Waals surface area contributed by atoms with Gasteiger partial charge >= 0.3 is 0 Å². The Hall–Kier alpha value is -3.74. The molecule has 9 heteroatoms. The van der Waals surface area contributed by atoms with Crippen LogP contribution >= 0.6 is 11.6 Å². The Bertz CT molecular complexity index is 1780. The lowest BCUT2D eigenvalue weighted by Gasteiger charge is -2.34. The minimum atomic E-state index is -3.52. The number of nitrogens with one attached hydrogen (secondary N) is 1. The third kappa shape index (κ3) is 7.14. The van der Waals surface area contributed by atoms with Gasteiger partial charge in [0, 0.05) is 30.1 Å². The average Bonchev–Trinajstić information content (AvgIpc) is 3.06. The number of halogens is 1. The van der Waals surface area contributed by atoms with Crippen LogP contribution in [0.5, 0.6) is 0 Å². The summed E-state index contributed by atoms with van der Waals surface area (Å²) in [6.45, 7) is 3.10. The van der Waals surface area contributed by atoms with Crippen LogP contribution in [0.2, 0.25) is 5.02 Å². The van der Waals surface area contributed by atoms with Crippen LogP contribution in [0, 0.1) is 11.3 Å². The summed E-state index contributed by atoms with van der Waals surface area (Å²) < 4.78 is 27.7. The quantitative estimate of drug-likeness (QED) is 0.219. The number of rotatable bonds is 10. The van der Waals surface area contributed by atoms with Gasteiger partial charge in [-0.3, -0.25) is 4.79 Å². The molecule has 1 amide bonds. The molecule has 1 N–H and O–H groups in total. The summed E-state index contributed by atoms with van der Waals surface area (Å²) in [6.07, 6.45) is 2.60. The molecule has 5 rings (SSSR count). The number of fused-ring (bicyclic) bond motifs is 1. The monoisotopic (exact) mass is 628 g/mol. The van der Waals surface area contributed by atoms with E-state index < -0.39 is 10.0 Å². The lowest BCUT2D eigenvalue weighted by molar-refractivity contribution is 0.0783. The number of piperidine rings is 1. The topological polar surface area (TPSA) is 93.5 Å². The molecular formula is C35H37ClN4O3S. The van der Waals surface area contributed by atoms with Gasteiger partial charge in [-0.25, -0.2) is 13.1 Å². The summed E-state index contributed by atoms with van der Waals surface area (Å²) in [4.78, 5) is 18.3. The SMILES string of the molecule is CNS(=O)(=O)c1ccccc1C1CCN(CCC(CN(C)C(=O)c2cc(C#N)cc3ccccc23)c2ccc(Cl)cc2)CC1. The van der Waals surface area contributed by atoms with Crippen LogP contribution in [0.1, 0.15) is 58.1 Å². The maximum absolute atomic E-state index is 13.8. The summed E-state index contributed by atoms with van der Waals surface area (Å²) in [6, 6.07) is 28.5. The summed E-state index contributed by atoms with van der Waals surface area (Å²) in [5.74, 6) is 0.138. The summed E-state index contributed by atoms with van der Waals surface area (Å²) in [7, 11) is -0.255. The number of hydrogen-bond acceptors (Lipinski definition) is 5. The molecule has 44 heavy (non-hydrogen) atoms. The zero-order valence-corrected chi connectivity index (χ0v) is 26.6. The normalized spacial score (nSPS) is 15.1. The fourth-order valence-corrected chi connectivity index (χ4v) is 7.40. The first-order valence-electron chi connectivity index (χ1n) is 14.9. The number of nitrogens with zero attached hydrogens (tertiary/aromatic N) is 3. The predicted octanol–water partition coefficient (Wildman–Crippen LogP) is 6.40. The number of carbonyl (C=O) groups is 1. The zero-order valence-electron chi connectivity index (χ0n) is 25.0. The number of benzene rings is 4. The third-order valence-electron chi connectivity index (χ3n) is 8.70. The Morgan fingerprint density at radius 2 is 1.73 bits per heavy atom. The number of hydrogen-bond donors (Lipinski definition) is 1.